The van der Waals surface area contributed by atoms with Crippen LogP contribution in [0.5, 0.6) is 0 Å². The lowest BCUT2D eigenvalue weighted by Crippen LogP contribution is -2.20. The van der Waals surface area contributed by atoms with E-state index >= 15 is 0 Å². The molecule has 0 aliphatic rings. The van der Waals surface area contributed by atoms with Crippen molar-refractivity contribution in [3.05, 3.63) is 35.9 Å². The highest BCUT2D eigenvalue weighted by molar-refractivity contribution is 5.69. The molecular formula is C13H19NO2. The minimum atomic E-state index is -0.144. The largest absolute Gasteiger partial charge is 0.469 e. The van der Waals surface area contributed by atoms with E-state index in [1.807, 2.05) is 18.2 Å². The fraction of sp³-hybridized carbons (Fsp3) is 0.462. The van der Waals surface area contributed by atoms with E-state index in [4.69, 9.17) is 0 Å². The summed E-state index contributed by atoms with van der Waals surface area (Å²) < 4.78 is 4.58. The molecule has 88 valence electrons. The van der Waals surface area contributed by atoms with Gasteiger partial charge in [0.05, 0.1) is 7.11 Å². The second-order valence-electron chi connectivity index (χ2n) is 3.77. The highest BCUT2D eigenvalue weighted by Crippen LogP contribution is 2.10. The van der Waals surface area contributed by atoms with Crippen LogP contribution in [0.25, 0.3) is 0 Å². The Kier molecular flexibility index (Phi) is 5.57. The summed E-state index contributed by atoms with van der Waals surface area (Å²) in [7, 11) is 1.42. The van der Waals surface area contributed by atoms with Gasteiger partial charge in [-0.25, -0.2) is 0 Å². The number of hydrogen-bond donors (Lipinski definition) is 1. The van der Waals surface area contributed by atoms with Crippen molar-refractivity contribution in [2.24, 2.45) is 0 Å². The lowest BCUT2D eigenvalue weighted by atomic mass is 10.1. The molecule has 0 spiro atoms. The molecule has 0 heterocycles. The normalized spacial score (nSPS) is 12.1. The van der Waals surface area contributed by atoms with Crippen LogP contribution in [0.15, 0.2) is 30.3 Å². The molecule has 0 saturated heterocycles. The lowest BCUT2D eigenvalue weighted by molar-refractivity contribution is -0.140. The maximum Gasteiger partial charge on any atom is 0.305 e. The van der Waals surface area contributed by atoms with Crippen LogP contribution in [0.4, 0.5) is 0 Å². The highest BCUT2D eigenvalue weighted by Gasteiger charge is 2.04. The molecule has 0 aliphatic carbocycles. The van der Waals surface area contributed by atoms with Gasteiger partial charge in [-0.1, -0.05) is 30.3 Å². The zero-order chi connectivity index (χ0) is 11.8. The topological polar surface area (TPSA) is 38.3 Å². The van der Waals surface area contributed by atoms with Crippen LogP contribution in [-0.4, -0.2) is 19.6 Å². The number of nitrogens with one attached hydrogen (secondary N) is 1. The number of carbonyl (C=O) groups excluding carboxylic acids is 1. The first kappa shape index (κ1) is 12.7. The molecular weight excluding hydrogens is 202 g/mol. The van der Waals surface area contributed by atoms with Gasteiger partial charge >= 0.3 is 5.97 Å². The molecule has 0 saturated carbocycles. The second-order valence-corrected chi connectivity index (χ2v) is 3.77. The lowest BCUT2D eigenvalue weighted by Gasteiger charge is -2.13. The van der Waals surface area contributed by atoms with E-state index in [-0.39, 0.29) is 5.97 Å². The highest BCUT2D eigenvalue weighted by atomic mass is 16.5. The van der Waals surface area contributed by atoms with Gasteiger partial charge < -0.3 is 10.1 Å². The van der Waals surface area contributed by atoms with Crippen molar-refractivity contribution in [1.82, 2.24) is 5.32 Å². The summed E-state index contributed by atoms with van der Waals surface area (Å²) in [6.45, 7) is 2.94. The third-order valence-electron chi connectivity index (χ3n) is 2.54. The third-order valence-corrected chi connectivity index (χ3v) is 2.54. The average molecular weight is 221 g/mol. The van der Waals surface area contributed by atoms with Crippen molar-refractivity contribution in [1.29, 1.82) is 0 Å². The van der Waals surface area contributed by atoms with Crippen LogP contribution >= 0.6 is 0 Å². The molecule has 0 bridgehead atoms. The first-order chi connectivity index (χ1) is 7.74. The van der Waals surface area contributed by atoms with E-state index < -0.39 is 0 Å². The van der Waals surface area contributed by atoms with Crippen LogP contribution in [0.3, 0.4) is 0 Å². The number of hydrogen-bond acceptors (Lipinski definition) is 3. The molecule has 0 radical (unpaired) electrons. The fourth-order valence-corrected chi connectivity index (χ4v) is 1.51. The Balaban J connectivity index is 2.21. The Labute approximate surface area is 96.8 Å². The Morgan fingerprint density at radius 3 is 2.69 bits per heavy atom. The first-order valence-corrected chi connectivity index (χ1v) is 5.59. The molecule has 1 N–H and O–H groups in total. The first-order valence-electron chi connectivity index (χ1n) is 5.59. The number of carbonyl (C=O) groups is 1. The minimum Gasteiger partial charge on any atom is -0.469 e. The Hall–Kier alpha value is -1.35. The number of methoxy groups -OCH3 is 1. The number of ether oxygens (including phenoxy) is 1. The van der Waals surface area contributed by atoms with Gasteiger partial charge in [0.2, 0.25) is 0 Å². The Morgan fingerprint density at radius 2 is 2.06 bits per heavy atom. The molecule has 0 aliphatic heterocycles. The molecule has 0 unspecified atom stereocenters. The molecule has 16 heavy (non-hydrogen) atoms. The summed E-state index contributed by atoms with van der Waals surface area (Å²) in [5.74, 6) is -0.144. The van der Waals surface area contributed by atoms with Crippen molar-refractivity contribution in [2.45, 2.75) is 25.8 Å². The van der Waals surface area contributed by atoms with Crippen LogP contribution in [0.1, 0.15) is 31.4 Å². The van der Waals surface area contributed by atoms with Gasteiger partial charge in [-0.2, -0.15) is 0 Å². The molecule has 0 aromatic heterocycles. The standard InChI is InChI=1S/C13H19NO2/c1-11(12-7-4-3-5-8-12)14-10-6-9-13(15)16-2/h3-5,7-8,11,14H,6,9-10H2,1-2H3/t11-/m0/s1. The zero-order valence-electron chi connectivity index (χ0n) is 9.90. The molecule has 1 rings (SSSR count). The van der Waals surface area contributed by atoms with Gasteiger partial charge in [-0.15, -0.1) is 0 Å². The van der Waals surface area contributed by atoms with E-state index in [0.717, 1.165) is 13.0 Å². The van der Waals surface area contributed by atoms with Crippen LogP contribution in [-0.2, 0) is 9.53 Å². The van der Waals surface area contributed by atoms with Gasteiger partial charge in [0, 0.05) is 12.5 Å². The summed E-state index contributed by atoms with van der Waals surface area (Å²) >= 11 is 0. The van der Waals surface area contributed by atoms with E-state index in [2.05, 4.69) is 29.1 Å². The van der Waals surface area contributed by atoms with Crippen LogP contribution in [0.2, 0.25) is 0 Å². The second kappa shape index (κ2) is 7.01. The molecule has 1 aromatic carbocycles. The van der Waals surface area contributed by atoms with Crippen molar-refractivity contribution in [3.63, 3.8) is 0 Å². The summed E-state index contributed by atoms with van der Waals surface area (Å²) in [4.78, 5) is 10.9. The van der Waals surface area contributed by atoms with Crippen LogP contribution < -0.4 is 5.32 Å². The quantitative estimate of drug-likeness (QED) is 0.591. The third kappa shape index (κ3) is 4.45. The molecule has 0 amide bonds. The molecule has 0 fully saturated rings. The monoisotopic (exact) mass is 221 g/mol. The molecule has 3 heteroatoms. The summed E-state index contributed by atoms with van der Waals surface area (Å²) in [5.41, 5.74) is 1.26. The molecule has 1 aromatic rings. The van der Waals surface area contributed by atoms with Crippen molar-refractivity contribution < 1.29 is 9.53 Å². The average Bonchev–Trinajstić information content (AvgIpc) is 2.35. The predicted molar refractivity (Wildman–Crippen MR) is 64.1 cm³/mol. The van der Waals surface area contributed by atoms with Crippen molar-refractivity contribution in [3.8, 4) is 0 Å². The number of benzene rings is 1. The smallest absolute Gasteiger partial charge is 0.305 e. The molecule has 3 nitrogen and oxygen atoms in total. The minimum absolute atomic E-state index is 0.144. The number of rotatable bonds is 6. The van der Waals surface area contributed by atoms with Gasteiger partial charge in [-0.05, 0) is 25.5 Å². The van der Waals surface area contributed by atoms with E-state index in [9.17, 15) is 4.79 Å². The Bertz CT molecular complexity index is 311. The van der Waals surface area contributed by atoms with Gasteiger partial charge in [0.15, 0.2) is 0 Å². The van der Waals surface area contributed by atoms with E-state index in [1.165, 1.54) is 12.7 Å². The fourth-order valence-electron chi connectivity index (χ4n) is 1.51. The molecule has 1 atom stereocenters. The maximum atomic E-state index is 10.9. The maximum absolute atomic E-state index is 10.9. The summed E-state index contributed by atoms with van der Waals surface area (Å²) in [6, 6.07) is 10.6. The summed E-state index contributed by atoms with van der Waals surface area (Å²) in [6.07, 6.45) is 1.29. The Morgan fingerprint density at radius 1 is 1.38 bits per heavy atom. The zero-order valence-corrected chi connectivity index (χ0v) is 9.90. The SMILES string of the molecule is COC(=O)CCCN[C@@H](C)c1ccccc1. The van der Waals surface area contributed by atoms with E-state index in [0.29, 0.717) is 12.5 Å². The van der Waals surface area contributed by atoms with Crippen molar-refractivity contribution >= 4 is 5.97 Å². The summed E-state index contributed by atoms with van der Waals surface area (Å²) in [5, 5.41) is 3.37. The number of esters is 1. The van der Waals surface area contributed by atoms with Gasteiger partial charge in [-0.3, -0.25) is 4.79 Å². The van der Waals surface area contributed by atoms with E-state index in [1.54, 1.807) is 0 Å². The van der Waals surface area contributed by atoms with Crippen LogP contribution in [0, 0.1) is 0 Å². The van der Waals surface area contributed by atoms with Gasteiger partial charge in [0.1, 0.15) is 0 Å². The van der Waals surface area contributed by atoms with Gasteiger partial charge in [0.25, 0.3) is 0 Å². The van der Waals surface area contributed by atoms with Crippen molar-refractivity contribution in [2.75, 3.05) is 13.7 Å². The predicted octanol–water partition coefficient (Wildman–Crippen LogP) is 2.29.